The van der Waals surface area contributed by atoms with Crippen LogP contribution in [0.2, 0.25) is 5.02 Å². The SMILES string of the molecule is O=C(O[C@H]1CCCCC1=O)c1ccc(Cl)c(S(=O)(=O)NCc2ccccc2)c1. The molecule has 148 valence electrons. The van der Waals surface area contributed by atoms with Gasteiger partial charge in [0.05, 0.1) is 10.6 Å². The molecule has 1 fully saturated rings. The molecule has 0 amide bonds. The number of carbonyl (C=O) groups excluding carboxylic acids is 2. The van der Waals surface area contributed by atoms with Crippen molar-refractivity contribution in [3.8, 4) is 0 Å². The Balaban J connectivity index is 1.76. The molecule has 2 aromatic carbocycles. The fourth-order valence-electron chi connectivity index (χ4n) is 2.96. The molecule has 3 rings (SSSR count). The van der Waals surface area contributed by atoms with Crippen molar-refractivity contribution in [1.82, 2.24) is 4.72 Å². The average Bonchev–Trinajstić information content (AvgIpc) is 2.69. The molecule has 2 aromatic rings. The first kappa shape index (κ1) is 20.5. The Morgan fingerprint density at radius 2 is 1.89 bits per heavy atom. The van der Waals surface area contributed by atoms with Crippen molar-refractivity contribution < 1.29 is 22.7 Å². The highest BCUT2D eigenvalue weighted by Crippen LogP contribution is 2.25. The molecule has 0 radical (unpaired) electrons. The Morgan fingerprint density at radius 1 is 1.14 bits per heavy atom. The Kier molecular flexibility index (Phi) is 6.49. The first-order valence-corrected chi connectivity index (χ1v) is 10.8. The Bertz CT molecular complexity index is 975. The number of ketones is 1. The predicted molar refractivity (Wildman–Crippen MR) is 105 cm³/mol. The van der Waals surface area contributed by atoms with Gasteiger partial charge in [-0.3, -0.25) is 4.79 Å². The molecular formula is C20H20ClNO5S. The lowest BCUT2D eigenvalue weighted by atomic mass is 9.96. The van der Waals surface area contributed by atoms with E-state index in [1.54, 1.807) is 24.3 Å². The number of hydrogen-bond donors (Lipinski definition) is 1. The molecule has 28 heavy (non-hydrogen) atoms. The minimum atomic E-state index is -3.95. The van der Waals surface area contributed by atoms with Crippen LogP contribution < -0.4 is 4.72 Å². The van der Waals surface area contributed by atoms with E-state index in [0.717, 1.165) is 18.4 Å². The van der Waals surface area contributed by atoms with Crippen LogP contribution in [0.4, 0.5) is 0 Å². The second-order valence-electron chi connectivity index (χ2n) is 6.56. The zero-order chi connectivity index (χ0) is 20.1. The van der Waals surface area contributed by atoms with Crippen LogP contribution in [0.3, 0.4) is 0 Å². The van der Waals surface area contributed by atoms with Gasteiger partial charge in [-0.2, -0.15) is 0 Å². The van der Waals surface area contributed by atoms with Gasteiger partial charge in [0, 0.05) is 13.0 Å². The summed E-state index contributed by atoms with van der Waals surface area (Å²) in [6.45, 7) is 0.0880. The van der Waals surface area contributed by atoms with Crippen molar-refractivity contribution in [1.29, 1.82) is 0 Å². The van der Waals surface area contributed by atoms with E-state index in [4.69, 9.17) is 16.3 Å². The van der Waals surface area contributed by atoms with Crippen LogP contribution in [0, 0.1) is 0 Å². The van der Waals surface area contributed by atoms with Crippen LogP contribution in [0.5, 0.6) is 0 Å². The maximum absolute atomic E-state index is 12.6. The van der Waals surface area contributed by atoms with Crippen molar-refractivity contribution in [2.75, 3.05) is 0 Å². The highest BCUT2D eigenvalue weighted by Gasteiger charge is 2.27. The number of benzene rings is 2. The number of esters is 1. The van der Waals surface area contributed by atoms with Gasteiger partial charge in [-0.1, -0.05) is 41.9 Å². The van der Waals surface area contributed by atoms with Crippen LogP contribution in [0.25, 0.3) is 0 Å². The van der Waals surface area contributed by atoms with Crippen LogP contribution in [0.15, 0.2) is 53.4 Å². The first-order chi connectivity index (χ1) is 13.4. The molecule has 1 atom stereocenters. The zero-order valence-electron chi connectivity index (χ0n) is 15.1. The minimum absolute atomic E-state index is 0.00847. The van der Waals surface area contributed by atoms with E-state index >= 15 is 0 Å². The lowest BCUT2D eigenvalue weighted by molar-refractivity contribution is -0.129. The predicted octanol–water partition coefficient (Wildman–Crippen LogP) is 3.49. The molecule has 1 saturated carbocycles. The molecule has 1 aliphatic carbocycles. The molecule has 0 saturated heterocycles. The number of nitrogens with one attached hydrogen (secondary N) is 1. The molecule has 8 heteroatoms. The Hall–Kier alpha value is -2.22. The van der Waals surface area contributed by atoms with Gasteiger partial charge >= 0.3 is 5.97 Å². The van der Waals surface area contributed by atoms with Gasteiger partial charge < -0.3 is 4.74 Å². The fourth-order valence-corrected chi connectivity index (χ4v) is 4.50. The third-order valence-electron chi connectivity index (χ3n) is 4.51. The normalized spacial score (nSPS) is 17.3. The van der Waals surface area contributed by atoms with Gasteiger partial charge in [-0.25, -0.2) is 17.9 Å². The molecule has 0 bridgehead atoms. The maximum Gasteiger partial charge on any atom is 0.338 e. The molecular weight excluding hydrogens is 402 g/mol. The van der Waals surface area contributed by atoms with Crippen molar-refractivity contribution in [3.05, 3.63) is 64.7 Å². The molecule has 0 aromatic heterocycles. The average molecular weight is 422 g/mol. The highest BCUT2D eigenvalue weighted by atomic mass is 35.5. The second kappa shape index (κ2) is 8.86. The van der Waals surface area contributed by atoms with Gasteiger partial charge in [0.2, 0.25) is 10.0 Å². The van der Waals surface area contributed by atoms with Crippen LogP contribution in [-0.4, -0.2) is 26.3 Å². The molecule has 0 aliphatic heterocycles. The summed E-state index contributed by atoms with van der Waals surface area (Å²) in [6.07, 6.45) is 1.72. The smallest absolute Gasteiger partial charge is 0.338 e. The Morgan fingerprint density at radius 3 is 2.61 bits per heavy atom. The van der Waals surface area contributed by atoms with E-state index in [-0.39, 0.29) is 27.8 Å². The number of rotatable bonds is 6. The Labute approximate surface area is 168 Å². The van der Waals surface area contributed by atoms with Crippen molar-refractivity contribution in [3.63, 3.8) is 0 Å². The van der Waals surface area contributed by atoms with Crippen molar-refractivity contribution in [2.24, 2.45) is 0 Å². The summed E-state index contributed by atoms with van der Waals surface area (Å²) in [5.41, 5.74) is 0.816. The van der Waals surface area contributed by atoms with E-state index in [9.17, 15) is 18.0 Å². The lowest BCUT2D eigenvalue weighted by Crippen LogP contribution is -2.30. The summed E-state index contributed by atoms with van der Waals surface area (Å²) < 4.78 is 33.0. The molecule has 1 N–H and O–H groups in total. The minimum Gasteiger partial charge on any atom is -0.451 e. The van der Waals surface area contributed by atoms with E-state index in [2.05, 4.69) is 4.72 Å². The van der Waals surface area contributed by atoms with Gasteiger partial charge in [-0.05, 0) is 43.0 Å². The zero-order valence-corrected chi connectivity index (χ0v) is 16.6. The maximum atomic E-state index is 12.6. The standard InChI is InChI=1S/C20H20ClNO5S/c21-16-11-10-15(20(24)27-18-9-5-4-8-17(18)23)12-19(16)28(25,26)22-13-14-6-2-1-3-7-14/h1-3,6-7,10-12,18,22H,4-5,8-9,13H2/t18-/m0/s1. The number of Topliss-reactive ketones (excluding diaryl/α,β-unsaturated/α-hetero) is 1. The first-order valence-electron chi connectivity index (χ1n) is 8.93. The topological polar surface area (TPSA) is 89.5 Å². The van der Waals surface area contributed by atoms with E-state index < -0.39 is 22.1 Å². The van der Waals surface area contributed by atoms with E-state index in [1.165, 1.54) is 18.2 Å². The molecule has 6 nitrogen and oxygen atoms in total. The summed E-state index contributed by atoms with van der Waals surface area (Å²) in [7, 11) is -3.95. The van der Waals surface area contributed by atoms with Gasteiger partial charge in [0.1, 0.15) is 4.90 Å². The molecule has 0 heterocycles. The number of halogens is 1. The van der Waals surface area contributed by atoms with E-state index in [0.29, 0.717) is 12.8 Å². The summed E-state index contributed by atoms with van der Waals surface area (Å²) >= 11 is 6.06. The van der Waals surface area contributed by atoms with Gasteiger partial charge in [0.25, 0.3) is 0 Å². The lowest BCUT2D eigenvalue weighted by Gasteiger charge is -2.20. The summed E-state index contributed by atoms with van der Waals surface area (Å²) in [5.74, 6) is -0.845. The van der Waals surface area contributed by atoms with Crippen LogP contribution >= 0.6 is 11.6 Å². The quantitative estimate of drug-likeness (QED) is 0.721. The molecule has 0 unspecified atom stereocenters. The summed E-state index contributed by atoms with van der Waals surface area (Å²) in [6, 6.07) is 12.9. The summed E-state index contributed by atoms with van der Waals surface area (Å²) in [5, 5.41) is -0.00847. The summed E-state index contributed by atoms with van der Waals surface area (Å²) in [4.78, 5) is 24.0. The van der Waals surface area contributed by atoms with Crippen molar-refractivity contribution in [2.45, 2.75) is 43.2 Å². The van der Waals surface area contributed by atoms with Gasteiger partial charge in [0.15, 0.2) is 11.9 Å². The van der Waals surface area contributed by atoms with E-state index in [1.807, 2.05) is 6.07 Å². The van der Waals surface area contributed by atoms with Crippen LogP contribution in [-0.2, 0) is 26.1 Å². The van der Waals surface area contributed by atoms with Gasteiger partial charge in [-0.15, -0.1) is 0 Å². The molecule has 0 spiro atoms. The molecule has 1 aliphatic rings. The monoisotopic (exact) mass is 421 g/mol. The van der Waals surface area contributed by atoms with Crippen LogP contribution in [0.1, 0.15) is 41.6 Å². The number of carbonyl (C=O) groups is 2. The third kappa shape index (κ3) is 4.98. The largest absolute Gasteiger partial charge is 0.451 e. The second-order valence-corrected chi connectivity index (χ2v) is 8.70. The number of sulfonamides is 1. The number of ether oxygens (including phenoxy) is 1. The third-order valence-corrected chi connectivity index (χ3v) is 6.40. The fraction of sp³-hybridized carbons (Fsp3) is 0.300. The highest BCUT2D eigenvalue weighted by molar-refractivity contribution is 7.89. The van der Waals surface area contributed by atoms with Crippen molar-refractivity contribution >= 4 is 33.4 Å². The number of hydrogen-bond acceptors (Lipinski definition) is 5.